The number of hydrogen-bond acceptors (Lipinski definition) is 44. The average Bonchev–Trinajstić information content (AvgIpc) is 1.62. The van der Waals surface area contributed by atoms with Gasteiger partial charge in [-0.15, -0.1) is 11.8 Å². The van der Waals surface area contributed by atoms with Gasteiger partial charge in [0.1, 0.15) is 77.4 Å². The van der Waals surface area contributed by atoms with Gasteiger partial charge >= 0.3 is 40.4 Å². The van der Waals surface area contributed by atoms with E-state index in [4.69, 9.17) is 171 Å². The molecule has 26 atom stereocenters. The molecule has 9 aliphatic heterocycles. The molecule has 6 bridgehead atoms. The number of aromatic amines is 3. The van der Waals surface area contributed by atoms with Crippen molar-refractivity contribution in [1.82, 2.24) is 92.2 Å². The Kier molecular flexibility index (Phi) is 25.7. The first kappa shape index (κ1) is 93.1. The number of ether oxygens (including phenoxy) is 5. The van der Waals surface area contributed by atoms with Crippen molar-refractivity contribution in [3.63, 3.8) is 0 Å². The molecule has 21 heterocycles. The Hall–Kier alpha value is -6.96. The van der Waals surface area contributed by atoms with E-state index in [2.05, 4.69) is 77.0 Å². The second kappa shape index (κ2) is 36.2. The maximum absolute atomic E-state index is 16.0. The van der Waals surface area contributed by atoms with Crippen molar-refractivity contribution in [2.75, 3.05) is 74.0 Å². The van der Waals surface area contributed by atoms with E-state index in [1.54, 1.807) is 46.1 Å². The summed E-state index contributed by atoms with van der Waals surface area (Å²) in [5.41, 5.74) is 37.2. The first-order valence-corrected chi connectivity index (χ1v) is 55.7. The van der Waals surface area contributed by atoms with Gasteiger partial charge in [0.25, 0.3) is 16.7 Å². The first-order chi connectivity index (χ1) is 62.2. The van der Waals surface area contributed by atoms with Crippen LogP contribution in [0.15, 0.2) is 101 Å². The normalized spacial score (nSPS) is 36.2. The maximum Gasteiger partial charge on any atom is 0.386 e. The number of imidazole rings is 4. The van der Waals surface area contributed by atoms with Crippen LogP contribution in [-0.2, 0) is 142 Å². The van der Waals surface area contributed by atoms with Gasteiger partial charge in [-0.05, 0) is 89.4 Å². The number of rotatable bonds is 6. The average molecular weight is 2070 g/mol. The van der Waals surface area contributed by atoms with Crippen LogP contribution in [0.4, 0.5) is 39.3 Å². The quantitative estimate of drug-likeness (QED) is 0.0838. The molecule has 0 amide bonds. The fraction of sp³-hybridized carbons (Fsp3) is 0.462. The third-order valence-corrected chi connectivity index (χ3v) is 33.2. The monoisotopic (exact) mass is 2070 g/mol. The van der Waals surface area contributed by atoms with Crippen molar-refractivity contribution in [3.05, 3.63) is 118 Å². The highest BCUT2D eigenvalue weighted by molar-refractivity contribution is 8.44. The van der Waals surface area contributed by atoms with Crippen LogP contribution in [-0.4, -0.2) is 246 Å². The summed E-state index contributed by atoms with van der Waals surface area (Å²) in [5, 5.41) is 10.9. The largest absolute Gasteiger partial charge is 0.398 e. The summed E-state index contributed by atoms with van der Waals surface area (Å²) in [4.78, 5) is 141. The molecule has 9 aliphatic rings. The molecule has 66 heteroatoms. The van der Waals surface area contributed by atoms with Gasteiger partial charge in [0.15, 0.2) is 64.0 Å². The van der Waals surface area contributed by atoms with Gasteiger partial charge < -0.3 is 138 Å². The number of anilines is 6. The molecular weight excluding hydrogens is 1990 g/mol. The SMILES string of the molecule is Nc1nc2c(ncn2[C@@H]2OC3COP(O)(=S)O[C@H]4C[C@H](n5ccc6c(N)ccnc65)OC4COP(O)(=S)O[C@@H]2C3)c(=O)[nH]1.Nc1nc2c(ncn2[C@@H]2OC3COP(O)(=S)O[C@H]4C[C@H](n5ccc6c(N)ccnc65)OC4COP(O)(=S)O[C@@H]2C3)c(=O)[nH]1.Nc1nc2c(ncn2[C@@H]2S[C@@H]3COP(=O)(S)O[C@H]4[C@H](F)[C@H](n5cnc6c(N)ccnc65)O[C@@H]4COP(O)(=S)O[C@@H]2[C@@H]3O)c(=O)[nH]1. The molecule has 9 saturated heterocycles. The number of aliphatic hydroxyl groups excluding tert-OH is 1. The number of alkyl halides is 1. The Morgan fingerprint density at radius 2 is 0.817 bits per heavy atom. The number of halogens is 1. The van der Waals surface area contributed by atoms with Gasteiger partial charge in [-0.3, -0.25) is 61.2 Å². The molecule has 0 aromatic carbocycles. The van der Waals surface area contributed by atoms with E-state index in [0.717, 1.165) is 22.5 Å². The van der Waals surface area contributed by atoms with Gasteiger partial charge in [0.05, 0.1) is 106 Å². The molecule has 12 aromatic heterocycles. The molecular formula is C65H76FN25O27P6S7. The molecule has 21 rings (SSSR count). The number of nitrogens with one attached hydrogen (secondary N) is 3. The van der Waals surface area contributed by atoms with Crippen LogP contribution in [0, 0.1) is 0 Å². The number of thioether (sulfide) groups is 1. The van der Waals surface area contributed by atoms with E-state index in [1.165, 1.54) is 55.8 Å². The summed E-state index contributed by atoms with van der Waals surface area (Å²) in [5.74, 6) is -0.427. The zero-order chi connectivity index (χ0) is 92.0. The third kappa shape index (κ3) is 19.1. The number of fused-ring (bicyclic) bond motifs is 15. The van der Waals surface area contributed by atoms with Gasteiger partial charge in [-0.1, -0.05) is 12.2 Å². The smallest absolute Gasteiger partial charge is 0.386 e. The highest BCUT2D eigenvalue weighted by atomic mass is 32.7. The lowest BCUT2D eigenvalue weighted by atomic mass is 10.1. The molecule has 0 radical (unpaired) electrons. The molecule has 131 heavy (non-hydrogen) atoms. The predicted octanol–water partition coefficient (Wildman–Crippen LogP) is 3.33. The Labute approximate surface area is 767 Å². The summed E-state index contributed by atoms with van der Waals surface area (Å²) in [6, 6.07) is 8.58. The van der Waals surface area contributed by atoms with Gasteiger partial charge in [0, 0.05) is 78.8 Å². The highest BCUT2D eigenvalue weighted by Crippen LogP contribution is 2.62. The van der Waals surface area contributed by atoms with Crippen molar-refractivity contribution >= 4 is 225 Å². The fourth-order valence-electron chi connectivity index (χ4n) is 16.3. The molecule has 0 spiro atoms. The van der Waals surface area contributed by atoms with Crippen molar-refractivity contribution in [2.45, 2.75) is 147 Å². The number of nitrogens with two attached hydrogens (primary N) is 6. The van der Waals surface area contributed by atoms with Crippen molar-refractivity contribution in [2.24, 2.45) is 0 Å². The number of aromatic nitrogens is 19. The molecule has 0 saturated carbocycles. The lowest BCUT2D eigenvalue weighted by molar-refractivity contribution is -0.0594. The minimum absolute atomic E-state index is 0.0249. The number of H-pyrrole nitrogens is 3. The van der Waals surface area contributed by atoms with E-state index in [9.17, 15) is 48.5 Å². The topological polar surface area (TPSA) is 709 Å². The summed E-state index contributed by atoms with van der Waals surface area (Å²) >= 11 is 31.8. The standard InChI is InChI=1S/2C22H26N8O9P2S2.C21H24FN9O9P2S3/c2*23-12-1-3-25-18-11(12)2-4-29(18)16-6-13-15(37-16)8-35-41(33,43)39-14-5-10(7-34-40(32,42)38-13)36-21(14)30-9-26-17-19(30)27-22(24)28-20(17)31;22-10-14-8(38-19(10)30-5-26-11-7(23)1-2-25-16(11)30)3-36-41(34,43)40-15-13(32)9(4-37-42(35,44)39-14)45-20(15)31-6-27-12-17(31)28-21(24)29-18(12)33/h2*1-4,9-10,13-16,21H,5-8H2,(H2,23,25)(H,32,42)(H,33,43)(H3,24,27,28,31);1-2,5-6,8-10,13-15,19-20,32H,3-4H2,(H2,23,25)(H,34,43)(H,35,44)(H3,24,28,29,33)/t2*10?,13-,14+,15?,16+,21+,40?,41?;8-,9-,10+,13-,14-,15-,19-,20-,41?,42?/m001/s1. The zero-order valence-electron chi connectivity index (χ0n) is 66.5. The van der Waals surface area contributed by atoms with Crippen molar-refractivity contribution in [1.29, 1.82) is 0 Å². The molecule has 52 nitrogen and oxygen atoms in total. The second-order valence-electron chi connectivity index (χ2n) is 30.6. The van der Waals surface area contributed by atoms with Crippen LogP contribution >= 0.6 is 64.4 Å². The lowest BCUT2D eigenvalue weighted by Gasteiger charge is -2.28. The summed E-state index contributed by atoms with van der Waals surface area (Å²) in [6.45, 7) is -25.8. The minimum Gasteiger partial charge on any atom is -0.398 e. The van der Waals surface area contributed by atoms with Crippen LogP contribution in [0.1, 0.15) is 62.2 Å². The molecule has 21 N–H and O–H groups in total. The maximum atomic E-state index is 16.0. The Morgan fingerprint density at radius 3 is 1.29 bits per heavy atom. The molecule has 9 fully saturated rings. The van der Waals surface area contributed by atoms with Crippen LogP contribution in [0.25, 0.3) is 66.7 Å². The number of pyridine rings is 3. The van der Waals surface area contributed by atoms with Gasteiger partial charge in [-0.25, -0.2) is 43.8 Å². The number of aliphatic hydroxyl groups is 1. The summed E-state index contributed by atoms with van der Waals surface area (Å²) in [6.07, 6.45) is -4.18. The van der Waals surface area contributed by atoms with Crippen molar-refractivity contribution in [3.8, 4) is 0 Å². The Balaban J connectivity index is 0.000000127. The number of nitrogens with zero attached hydrogens (tertiary/aromatic N) is 16. The molecule has 12 aromatic rings. The number of nitrogen functional groups attached to an aromatic ring is 6. The zero-order valence-corrected chi connectivity index (χ0v) is 77.7. The number of thiol groups is 1. The molecule has 0 aliphatic carbocycles. The minimum atomic E-state index is -4.32. The predicted molar refractivity (Wildman–Crippen MR) is 481 cm³/mol. The second-order valence-corrected chi connectivity index (χ2v) is 48.8. The summed E-state index contributed by atoms with van der Waals surface area (Å²) in [7, 11) is 0. The lowest BCUT2D eigenvalue weighted by Crippen LogP contribution is -2.35. The van der Waals surface area contributed by atoms with Gasteiger partial charge in [-0.2, -0.15) is 15.0 Å². The highest BCUT2D eigenvalue weighted by Gasteiger charge is 2.55. The number of hydrogen-bond donors (Lipinski definition) is 16. The van der Waals surface area contributed by atoms with Crippen LogP contribution in [0.3, 0.4) is 0 Å². The fourth-order valence-corrected chi connectivity index (χ4v) is 26.8. The van der Waals surface area contributed by atoms with E-state index in [1.807, 2.05) is 12.1 Å². The van der Waals surface area contributed by atoms with Crippen LogP contribution in [0.2, 0.25) is 0 Å². The van der Waals surface area contributed by atoms with Crippen LogP contribution in [0.5, 0.6) is 0 Å². The van der Waals surface area contributed by atoms with Crippen LogP contribution < -0.4 is 51.1 Å². The molecule has 702 valence electrons. The van der Waals surface area contributed by atoms with E-state index >= 15 is 4.39 Å². The van der Waals surface area contributed by atoms with E-state index < -0.39 is 191 Å². The van der Waals surface area contributed by atoms with Crippen molar-refractivity contribution < 1.29 is 116 Å². The van der Waals surface area contributed by atoms with E-state index in [0.29, 0.717) is 33.9 Å². The third-order valence-electron chi connectivity index (χ3n) is 22.1. The molecule has 10 unspecified atom stereocenters. The Bertz CT molecular complexity index is 6700. The first-order valence-electron chi connectivity index (χ1n) is 39.1. The van der Waals surface area contributed by atoms with E-state index in [-0.39, 0.29) is 109 Å². The van der Waals surface area contributed by atoms with Gasteiger partial charge in [0.2, 0.25) is 17.8 Å². The Morgan fingerprint density at radius 1 is 0.420 bits per heavy atom. The summed E-state index contributed by atoms with van der Waals surface area (Å²) < 4.78 is 138.